The summed E-state index contributed by atoms with van der Waals surface area (Å²) in [5.74, 6) is 0. The molecule has 0 saturated heterocycles. The first-order chi connectivity index (χ1) is 25.3. The van der Waals surface area contributed by atoms with Crippen molar-refractivity contribution >= 4 is 50.4 Å². The van der Waals surface area contributed by atoms with E-state index in [1.54, 1.807) is 0 Å². The number of hydrogen-bond acceptors (Lipinski definition) is 2. The molecule has 0 unspecified atom stereocenters. The summed E-state index contributed by atoms with van der Waals surface area (Å²) < 4.78 is 0. The predicted molar refractivity (Wildman–Crippen MR) is 222 cm³/mol. The van der Waals surface area contributed by atoms with Crippen LogP contribution in [0.15, 0.2) is 174 Å². The van der Waals surface area contributed by atoms with Gasteiger partial charge in [-0.2, -0.15) is 0 Å². The van der Waals surface area contributed by atoms with Crippen molar-refractivity contribution in [2.45, 2.75) is 48.3 Å². The lowest BCUT2D eigenvalue weighted by atomic mass is 9.75. The van der Waals surface area contributed by atoms with Crippen LogP contribution in [-0.4, -0.2) is 0 Å². The molecule has 8 aromatic carbocycles. The van der Waals surface area contributed by atoms with Gasteiger partial charge in [0.25, 0.3) is 0 Å². The largest absolute Gasteiger partial charge is 0.310 e. The van der Waals surface area contributed by atoms with Crippen LogP contribution in [0.2, 0.25) is 0 Å². The van der Waals surface area contributed by atoms with E-state index in [1.807, 2.05) is 11.8 Å². The van der Waals surface area contributed by atoms with E-state index in [0.29, 0.717) is 0 Å². The minimum absolute atomic E-state index is 0.0705. The van der Waals surface area contributed by atoms with Crippen molar-refractivity contribution in [3.63, 3.8) is 0 Å². The molecular formula is C50H39NS. The average molecular weight is 686 g/mol. The molecule has 0 fully saturated rings. The van der Waals surface area contributed by atoms with Gasteiger partial charge in [0.05, 0.1) is 5.69 Å². The molecule has 52 heavy (non-hydrogen) atoms. The number of benzene rings is 8. The fourth-order valence-electron chi connectivity index (χ4n) is 8.93. The lowest BCUT2D eigenvalue weighted by molar-refractivity contribution is 0.604. The van der Waals surface area contributed by atoms with Crippen LogP contribution >= 0.6 is 11.8 Å². The Hall–Kier alpha value is -5.57. The first-order valence-corrected chi connectivity index (χ1v) is 19.1. The zero-order chi connectivity index (χ0) is 35.2. The van der Waals surface area contributed by atoms with Crippen LogP contribution in [0, 0.1) is 0 Å². The molecule has 2 heteroatoms. The summed E-state index contributed by atoms with van der Waals surface area (Å²) in [6.45, 7) is 9.58. The SMILES string of the molecule is CC1(C)c2ccccc2Sc2c1ccc1c2-c2ccc(N(c3ccc(-c4ccccc4)cc3)c3cc4ccccc4c4ccccc34)cc2C1(C)C. The Morgan fingerprint density at radius 3 is 1.87 bits per heavy atom. The van der Waals surface area contributed by atoms with Crippen molar-refractivity contribution < 1.29 is 0 Å². The van der Waals surface area contributed by atoms with Crippen LogP contribution in [0.1, 0.15) is 49.9 Å². The van der Waals surface area contributed by atoms with Gasteiger partial charge in [-0.1, -0.05) is 167 Å². The fraction of sp³-hybridized carbons (Fsp3) is 0.120. The van der Waals surface area contributed by atoms with Crippen LogP contribution in [-0.2, 0) is 10.8 Å². The number of rotatable bonds is 4. The maximum atomic E-state index is 2.48. The van der Waals surface area contributed by atoms with E-state index in [-0.39, 0.29) is 10.8 Å². The van der Waals surface area contributed by atoms with Gasteiger partial charge in [0, 0.05) is 42.9 Å². The van der Waals surface area contributed by atoms with Crippen molar-refractivity contribution in [2.24, 2.45) is 0 Å². The van der Waals surface area contributed by atoms with Gasteiger partial charge in [0.15, 0.2) is 0 Å². The molecule has 0 aromatic heterocycles. The van der Waals surface area contributed by atoms with Crippen molar-refractivity contribution in [3.8, 4) is 22.3 Å². The second kappa shape index (κ2) is 11.5. The van der Waals surface area contributed by atoms with E-state index >= 15 is 0 Å². The first-order valence-electron chi connectivity index (χ1n) is 18.3. The molecular weight excluding hydrogens is 647 g/mol. The van der Waals surface area contributed by atoms with Crippen molar-refractivity contribution in [1.29, 1.82) is 0 Å². The number of anilines is 3. The summed E-state index contributed by atoms with van der Waals surface area (Å²) in [7, 11) is 0. The van der Waals surface area contributed by atoms with E-state index < -0.39 is 0 Å². The number of hydrogen-bond donors (Lipinski definition) is 0. The lowest BCUT2D eigenvalue weighted by Gasteiger charge is -2.36. The standard InChI is InChI=1S/C50H39NS/c1-49(2)41-20-12-13-21-46(41)52-48-43(49)29-28-42-47(48)40-27-26-36(31-44(40)50(42,3)4)51(35-24-22-33(23-25-35)32-14-6-5-7-15-32)45-30-34-16-8-9-17-37(34)38-18-10-11-19-39(38)45/h5-31H,1-4H3. The quantitative estimate of drug-likeness (QED) is 0.170. The Labute approximate surface area is 310 Å². The highest BCUT2D eigenvalue weighted by molar-refractivity contribution is 7.99. The lowest BCUT2D eigenvalue weighted by Crippen LogP contribution is -2.24. The van der Waals surface area contributed by atoms with Gasteiger partial charge in [0.2, 0.25) is 0 Å². The molecule has 2 aliphatic rings. The fourth-order valence-corrected chi connectivity index (χ4v) is 10.5. The zero-order valence-electron chi connectivity index (χ0n) is 29.9. The summed E-state index contributed by atoms with van der Waals surface area (Å²) in [5, 5.41) is 5.02. The Morgan fingerprint density at radius 2 is 1.06 bits per heavy atom. The summed E-state index contributed by atoms with van der Waals surface area (Å²) >= 11 is 1.95. The topological polar surface area (TPSA) is 3.24 Å². The molecule has 10 rings (SSSR count). The number of fused-ring (bicyclic) bond motifs is 9. The van der Waals surface area contributed by atoms with Gasteiger partial charge in [-0.25, -0.2) is 0 Å². The smallest absolute Gasteiger partial charge is 0.0546 e. The first kappa shape index (κ1) is 31.2. The highest BCUT2D eigenvalue weighted by atomic mass is 32.2. The molecule has 250 valence electrons. The van der Waals surface area contributed by atoms with Gasteiger partial charge < -0.3 is 4.90 Å². The molecule has 0 saturated carbocycles. The highest BCUT2D eigenvalue weighted by Crippen LogP contribution is 2.59. The molecule has 0 amide bonds. The minimum Gasteiger partial charge on any atom is -0.310 e. The van der Waals surface area contributed by atoms with Crippen molar-refractivity contribution in [2.75, 3.05) is 4.90 Å². The van der Waals surface area contributed by atoms with E-state index in [1.165, 1.54) is 87.2 Å². The van der Waals surface area contributed by atoms with Crippen LogP contribution < -0.4 is 4.90 Å². The third kappa shape index (κ3) is 4.57. The summed E-state index contributed by atoms with van der Waals surface area (Å²) in [4.78, 5) is 5.26. The average Bonchev–Trinajstić information content (AvgIpc) is 3.41. The van der Waals surface area contributed by atoms with Gasteiger partial charge >= 0.3 is 0 Å². The van der Waals surface area contributed by atoms with Crippen molar-refractivity contribution in [3.05, 3.63) is 186 Å². The number of nitrogens with zero attached hydrogens (tertiary/aromatic N) is 1. The van der Waals surface area contributed by atoms with Crippen LogP contribution in [0.4, 0.5) is 17.1 Å². The van der Waals surface area contributed by atoms with Gasteiger partial charge in [-0.3, -0.25) is 0 Å². The third-order valence-electron chi connectivity index (χ3n) is 11.7. The second-order valence-electron chi connectivity index (χ2n) is 15.4. The molecule has 0 radical (unpaired) electrons. The zero-order valence-corrected chi connectivity index (χ0v) is 30.8. The molecule has 1 nitrogen and oxygen atoms in total. The van der Waals surface area contributed by atoms with E-state index in [0.717, 1.165) is 5.69 Å². The molecule has 1 aliphatic carbocycles. The molecule has 1 aliphatic heterocycles. The second-order valence-corrected chi connectivity index (χ2v) is 16.4. The van der Waals surface area contributed by atoms with E-state index in [9.17, 15) is 0 Å². The molecule has 0 atom stereocenters. The molecule has 0 N–H and O–H groups in total. The van der Waals surface area contributed by atoms with Gasteiger partial charge in [-0.15, -0.1) is 0 Å². The van der Waals surface area contributed by atoms with Crippen molar-refractivity contribution in [1.82, 2.24) is 0 Å². The van der Waals surface area contributed by atoms with E-state index in [2.05, 4.69) is 196 Å². The Balaban J connectivity index is 1.19. The Kier molecular flexibility index (Phi) is 6.88. The molecule has 0 bridgehead atoms. The highest BCUT2D eigenvalue weighted by Gasteiger charge is 2.42. The molecule has 0 spiro atoms. The van der Waals surface area contributed by atoms with Crippen LogP contribution in [0.25, 0.3) is 43.8 Å². The van der Waals surface area contributed by atoms with Crippen LogP contribution in [0.3, 0.4) is 0 Å². The van der Waals surface area contributed by atoms with Gasteiger partial charge in [-0.05, 0) is 91.5 Å². The Bertz CT molecular complexity index is 2700. The summed E-state index contributed by atoms with van der Waals surface area (Å²) in [5.41, 5.74) is 14.1. The van der Waals surface area contributed by atoms with Crippen LogP contribution in [0.5, 0.6) is 0 Å². The summed E-state index contributed by atoms with van der Waals surface area (Å²) in [6.07, 6.45) is 0. The molecule has 8 aromatic rings. The Morgan fingerprint density at radius 1 is 0.442 bits per heavy atom. The maximum absolute atomic E-state index is 2.48. The third-order valence-corrected chi connectivity index (χ3v) is 12.9. The van der Waals surface area contributed by atoms with Gasteiger partial charge in [0.1, 0.15) is 0 Å². The molecule has 1 heterocycles. The normalized spacial score (nSPS) is 14.8. The minimum atomic E-state index is -0.161. The maximum Gasteiger partial charge on any atom is 0.0546 e. The summed E-state index contributed by atoms with van der Waals surface area (Å²) in [6, 6.07) is 60.8. The van der Waals surface area contributed by atoms with E-state index in [4.69, 9.17) is 0 Å². The predicted octanol–water partition coefficient (Wildman–Crippen LogP) is 14.2. The monoisotopic (exact) mass is 685 g/mol.